The van der Waals surface area contributed by atoms with Crippen molar-refractivity contribution in [3.05, 3.63) is 21.8 Å². The van der Waals surface area contributed by atoms with Gasteiger partial charge in [-0.1, -0.05) is 11.4 Å². The van der Waals surface area contributed by atoms with Crippen molar-refractivity contribution in [3.8, 4) is 0 Å². The summed E-state index contributed by atoms with van der Waals surface area (Å²) < 4.78 is 4.03. The van der Waals surface area contributed by atoms with Gasteiger partial charge in [0.25, 0.3) is 0 Å². The third kappa shape index (κ3) is 4.22. The molecule has 104 valence electrons. The molecule has 0 saturated heterocycles. The van der Waals surface area contributed by atoms with E-state index in [-0.39, 0.29) is 0 Å². The highest BCUT2D eigenvalue weighted by molar-refractivity contribution is 7.10. The summed E-state index contributed by atoms with van der Waals surface area (Å²) in [6.45, 7) is 6.78. The van der Waals surface area contributed by atoms with E-state index in [1.807, 2.05) is 6.92 Å². The van der Waals surface area contributed by atoms with Gasteiger partial charge in [0.15, 0.2) is 0 Å². The lowest BCUT2D eigenvalue weighted by atomic mass is 10.3. The summed E-state index contributed by atoms with van der Waals surface area (Å²) in [7, 11) is 2.08. The highest BCUT2D eigenvalue weighted by Crippen LogP contribution is 2.19. The van der Waals surface area contributed by atoms with E-state index < -0.39 is 0 Å². The maximum absolute atomic E-state index is 4.48. The number of hydrogen-bond acceptors (Lipinski definition) is 7. The van der Waals surface area contributed by atoms with Crippen molar-refractivity contribution in [1.82, 2.24) is 19.5 Å². The van der Waals surface area contributed by atoms with Crippen LogP contribution in [0.5, 0.6) is 0 Å². The molecular formula is C12H19N5S2. The van der Waals surface area contributed by atoms with Crippen LogP contribution < -0.4 is 5.32 Å². The minimum Gasteiger partial charge on any atom is -0.374 e. The average Bonchev–Trinajstić information content (AvgIpc) is 2.96. The van der Waals surface area contributed by atoms with Crippen molar-refractivity contribution in [2.75, 3.05) is 18.9 Å². The Morgan fingerprint density at radius 3 is 2.89 bits per heavy atom. The van der Waals surface area contributed by atoms with Crippen molar-refractivity contribution < 1.29 is 0 Å². The van der Waals surface area contributed by atoms with E-state index in [4.69, 9.17) is 0 Å². The predicted molar refractivity (Wildman–Crippen MR) is 80.7 cm³/mol. The molecule has 5 nitrogen and oxygen atoms in total. The molecule has 0 saturated carbocycles. The van der Waals surface area contributed by atoms with E-state index >= 15 is 0 Å². The standard InChI is InChI=1S/C12H19N5S2/c1-4-5-13-12-11(15-16-19-12)7-17(3)6-10-8-18-9(2)14-10/h8,13H,4-7H2,1-3H3. The lowest BCUT2D eigenvalue weighted by Gasteiger charge is -2.14. The van der Waals surface area contributed by atoms with Gasteiger partial charge in [0, 0.05) is 36.5 Å². The Kier molecular flexibility index (Phi) is 5.24. The molecule has 0 aliphatic rings. The highest BCUT2D eigenvalue weighted by atomic mass is 32.1. The van der Waals surface area contributed by atoms with Crippen LogP contribution in [0.15, 0.2) is 5.38 Å². The minimum absolute atomic E-state index is 0.791. The summed E-state index contributed by atoms with van der Waals surface area (Å²) >= 11 is 3.12. The smallest absolute Gasteiger partial charge is 0.134 e. The molecule has 19 heavy (non-hydrogen) atoms. The number of nitrogens with one attached hydrogen (secondary N) is 1. The Morgan fingerprint density at radius 1 is 1.37 bits per heavy atom. The molecule has 0 atom stereocenters. The van der Waals surface area contributed by atoms with Crippen LogP contribution in [0.25, 0.3) is 0 Å². The monoisotopic (exact) mass is 297 g/mol. The maximum atomic E-state index is 4.48. The zero-order valence-electron chi connectivity index (χ0n) is 11.5. The van der Waals surface area contributed by atoms with Gasteiger partial charge in [0.05, 0.1) is 10.7 Å². The van der Waals surface area contributed by atoms with E-state index in [1.54, 1.807) is 11.3 Å². The topological polar surface area (TPSA) is 53.9 Å². The van der Waals surface area contributed by atoms with Gasteiger partial charge in [-0.3, -0.25) is 4.90 Å². The molecule has 1 N–H and O–H groups in total. The van der Waals surface area contributed by atoms with Crippen LogP contribution in [-0.4, -0.2) is 33.1 Å². The third-order valence-corrected chi connectivity index (χ3v) is 4.16. The molecule has 0 aromatic carbocycles. The SMILES string of the molecule is CCCNc1snnc1CN(C)Cc1csc(C)n1. The molecule has 0 spiro atoms. The molecule has 2 aromatic rings. The molecule has 2 heterocycles. The van der Waals surface area contributed by atoms with Crippen molar-refractivity contribution >= 4 is 27.9 Å². The maximum Gasteiger partial charge on any atom is 0.134 e. The molecule has 2 aromatic heterocycles. The molecule has 7 heteroatoms. The Balaban J connectivity index is 1.91. The van der Waals surface area contributed by atoms with Gasteiger partial charge in [-0.2, -0.15) is 0 Å². The number of anilines is 1. The van der Waals surface area contributed by atoms with Crippen LogP contribution >= 0.6 is 22.9 Å². The zero-order valence-corrected chi connectivity index (χ0v) is 13.1. The van der Waals surface area contributed by atoms with E-state index in [0.29, 0.717) is 0 Å². The van der Waals surface area contributed by atoms with Crippen molar-refractivity contribution in [1.29, 1.82) is 0 Å². The van der Waals surface area contributed by atoms with Crippen LogP contribution in [0.3, 0.4) is 0 Å². The summed E-state index contributed by atoms with van der Waals surface area (Å²) in [6.07, 6.45) is 1.10. The Labute approximate surface area is 121 Å². The zero-order chi connectivity index (χ0) is 13.7. The molecule has 0 radical (unpaired) electrons. The highest BCUT2D eigenvalue weighted by Gasteiger charge is 2.11. The molecule has 0 aliphatic heterocycles. The lowest BCUT2D eigenvalue weighted by molar-refractivity contribution is 0.312. The van der Waals surface area contributed by atoms with Gasteiger partial charge in [-0.15, -0.1) is 16.4 Å². The van der Waals surface area contributed by atoms with E-state index in [1.165, 1.54) is 11.5 Å². The largest absolute Gasteiger partial charge is 0.374 e. The summed E-state index contributed by atoms with van der Waals surface area (Å²) in [4.78, 5) is 6.69. The van der Waals surface area contributed by atoms with Gasteiger partial charge in [-0.05, 0) is 20.4 Å². The molecule has 0 unspecified atom stereocenters. The summed E-state index contributed by atoms with van der Waals surface area (Å²) in [5.41, 5.74) is 2.14. The fraction of sp³-hybridized carbons (Fsp3) is 0.583. The van der Waals surface area contributed by atoms with E-state index in [9.17, 15) is 0 Å². The van der Waals surface area contributed by atoms with Gasteiger partial charge in [0.2, 0.25) is 0 Å². The molecule has 0 fully saturated rings. The van der Waals surface area contributed by atoms with Crippen molar-refractivity contribution in [2.45, 2.75) is 33.4 Å². The number of rotatable bonds is 7. The summed E-state index contributed by atoms with van der Waals surface area (Å²) in [5, 5.41) is 11.9. The van der Waals surface area contributed by atoms with Crippen LogP contribution in [0.1, 0.15) is 29.7 Å². The Morgan fingerprint density at radius 2 is 2.21 bits per heavy atom. The number of aryl methyl sites for hydroxylation is 1. The lowest BCUT2D eigenvalue weighted by Crippen LogP contribution is -2.18. The molecule has 0 bridgehead atoms. The second-order valence-electron chi connectivity index (χ2n) is 4.51. The van der Waals surface area contributed by atoms with Crippen LogP contribution in [-0.2, 0) is 13.1 Å². The summed E-state index contributed by atoms with van der Waals surface area (Å²) in [5.74, 6) is 0. The first-order valence-electron chi connectivity index (χ1n) is 6.33. The number of hydrogen-bond donors (Lipinski definition) is 1. The van der Waals surface area contributed by atoms with Gasteiger partial charge >= 0.3 is 0 Å². The van der Waals surface area contributed by atoms with Crippen molar-refractivity contribution in [2.24, 2.45) is 0 Å². The molecular weight excluding hydrogens is 278 g/mol. The molecule has 0 aliphatic carbocycles. The van der Waals surface area contributed by atoms with Crippen LogP contribution in [0.4, 0.5) is 5.00 Å². The fourth-order valence-corrected chi connectivity index (χ4v) is 2.96. The van der Waals surface area contributed by atoms with Crippen LogP contribution in [0, 0.1) is 6.92 Å². The Bertz CT molecular complexity index is 508. The number of thiazole rings is 1. The first kappa shape index (κ1) is 14.4. The average molecular weight is 297 g/mol. The minimum atomic E-state index is 0.791. The van der Waals surface area contributed by atoms with E-state index in [0.717, 1.165) is 47.5 Å². The second kappa shape index (κ2) is 6.93. The first-order valence-corrected chi connectivity index (χ1v) is 7.99. The third-order valence-electron chi connectivity index (χ3n) is 2.61. The van der Waals surface area contributed by atoms with Gasteiger partial charge in [-0.25, -0.2) is 4.98 Å². The Hall–Kier alpha value is -1.05. The quantitative estimate of drug-likeness (QED) is 0.851. The predicted octanol–water partition coefficient (Wildman–Crippen LogP) is 2.76. The number of aromatic nitrogens is 3. The molecule has 2 rings (SSSR count). The van der Waals surface area contributed by atoms with Gasteiger partial charge in [0.1, 0.15) is 10.7 Å². The molecule has 0 amide bonds. The summed E-state index contributed by atoms with van der Waals surface area (Å²) in [6, 6.07) is 0. The van der Waals surface area contributed by atoms with Crippen molar-refractivity contribution in [3.63, 3.8) is 0 Å². The fourth-order valence-electron chi connectivity index (χ4n) is 1.75. The first-order chi connectivity index (χ1) is 9.19. The van der Waals surface area contributed by atoms with Crippen LogP contribution in [0.2, 0.25) is 0 Å². The normalized spacial score (nSPS) is 11.2. The number of nitrogens with zero attached hydrogens (tertiary/aromatic N) is 4. The second-order valence-corrected chi connectivity index (χ2v) is 6.32. The van der Waals surface area contributed by atoms with E-state index in [2.05, 4.69) is 44.1 Å². The van der Waals surface area contributed by atoms with Gasteiger partial charge < -0.3 is 5.32 Å².